The number of hydrogen-bond donors (Lipinski definition) is 2. The predicted octanol–water partition coefficient (Wildman–Crippen LogP) is 5.70. The Bertz CT molecular complexity index is 961. The van der Waals surface area contributed by atoms with Crippen LogP contribution in [0.2, 0.25) is 0 Å². The molecule has 0 spiro atoms. The topological polar surface area (TPSA) is 44.4 Å². The molecule has 0 saturated carbocycles. The maximum atomic E-state index is 11.5. The monoisotopic (exact) mass is 361 g/mol. The molecule has 2 N–H and O–H groups in total. The summed E-state index contributed by atoms with van der Waals surface area (Å²) in [5.74, 6) is -0.0660. The van der Waals surface area contributed by atoms with Gasteiger partial charge < -0.3 is 15.5 Å². The van der Waals surface area contributed by atoms with E-state index >= 15 is 0 Å². The summed E-state index contributed by atoms with van der Waals surface area (Å²) in [5, 5.41) is 8.58. The number of fused-ring (bicyclic) bond motifs is 1. The molecule has 0 bridgehead atoms. The van der Waals surface area contributed by atoms with Gasteiger partial charge in [0.15, 0.2) is 0 Å². The van der Waals surface area contributed by atoms with E-state index in [9.17, 15) is 4.79 Å². The molecule has 0 aliphatic rings. The Labute approximate surface area is 161 Å². The summed E-state index contributed by atoms with van der Waals surface area (Å²) in [5.41, 5.74) is 5.39. The van der Waals surface area contributed by atoms with Crippen LogP contribution in [0.4, 0.5) is 22.7 Å². The Kier molecular flexibility index (Phi) is 5.65. The van der Waals surface area contributed by atoms with Gasteiger partial charge in [-0.25, -0.2) is 0 Å². The molecule has 3 rings (SSSR count). The lowest BCUT2D eigenvalue weighted by Gasteiger charge is -2.22. The molecule has 3 aromatic carbocycles. The van der Waals surface area contributed by atoms with Crippen molar-refractivity contribution in [2.75, 3.05) is 28.6 Å². The smallest absolute Gasteiger partial charge is 0.221 e. The number of benzene rings is 3. The van der Waals surface area contributed by atoms with Crippen LogP contribution >= 0.6 is 0 Å². The van der Waals surface area contributed by atoms with Gasteiger partial charge in [0.25, 0.3) is 0 Å². The summed E-state index contributed by atoms with van der Waals surface area (Å²) in [6.07, 6.45) is 0. The van der Waals surface area contributed by atoms with Crippen LogP contribution < -0.4 is 15.5 Å². The summed E-state index contributed by atoms with van der Waals surface area (Å²) >= 11 is 0. The van der Waals surface area contributed by atoms with Gasteiger partial charge in [0.05, 0.1) is 0 Å². The third-order valence-corrected chi connectivity index (χ3v) is 4.84. The molecule has 0 radical (unpaired) electrons. The van der Waals surface area contributed by atoms with Crippen LogP contribution in [0.5, 0.6) is 0 Å². The van der Waals surface area contributed by atoms with Gasteiger partial charge in [0.1, 0.15) is 0 Å². The molecule has 0 aromatic heterocycles. The normalized spacial score (nSPS) is 10.7. The first kappa shape index (κ1) is 18.8. The third-order valence-electron chi connectivity index (χ3n) is 4.84. The minimum atomic E-state index is -0.0660. The number of hydrogen-bond acceptors (Lipinski definition) is 3. The van der Waals surface area contributed by atoms with E-state index in [4.69, 9.17) is 0 Å². The molecule has 0 saturated heterocycles. The molecule has 1 amide bonds. The molecular formula is C23H27N3O. The zero-order chi connectivity index (χ0) is 19.4. The molecule has 0 fully saturated rings. The number of rotatable bonds is 6. The predicted molar refractivity (Wildman–Crippen MR) is 116 cm³/mol. The zero-order valence-electron chi connectivity index (χ0n) is 16.5. The van der Waals surface area contributed by atoms with Crippen LogP contribution in [0.1, 0.15) is 26.3 Å². The van der Waals surface area contributed by atoms with E-state index in [2.05, 4.69) is 60.6 Å². The molecular weight excluding hydrogens is 334 g/mol. The Balaban J connectivity index is 1.97. The number of carbonyl (C=O) groups is 1. The maximum absolute atomic E-state index is 11.5. The lowest BCUT2D eigenvalue weighted by molar-refractivity contribution is -0.114. The molecule has 140 valence electrons. The lowest BCUT2D eigenvalue weighted by Crippen LogP contribution is -2.21. The molecule has 3 aromatic rings. The van der Waals surface area contributed by atoms with Gasteiger partial charge in [-0.05, 0) is 56.7 Å². The Morgan fingerprint density at radius 3 is 2.07 bits per heavy atom. The highest BCUT2D eigenvalue weighted by Gasteiger charge is 2.09. The highest BCUT2D eigenvalue weighted by Crippen LogP contribution is 2.33. The van der Waals surface area contributed by atoms with E-state index in [-0.39, 0.29) is 5.91 Å². The minimum Gasteiger partial charge on any atom is -0.372 e. The van der Waals surface area contributed by atoms with Crippen molar-refractivity contribution < 1.29 is 4.79 Å². The van der Waals surface area contributed by atoms with E-state index in [1.54, 1.807) is 0 Å². The number of carbonyl (C=O) groups excluding carboxylic acids is 1. The largest absolute Gasteiger partial charge is 0.372 e. The van der Waals surface area contributed by atoms with Crippen molar-refractivity contribution in [2.45, 2.75) is 27.7 Å². The van der Waals surface area contributed by atoms with Crippen LogP contribution in [-0.4, -0.2) is 19.0 Å². The molecule has 4 heteroatoms. The van der Waals surface area contributed by atoms with Crippen molar-refractivity contribution in [1.82, 2.24) is 0 Å². The summed E-state index contributed by atoms with van der Waals surface area (Å²) in [7, 11) is 0. The lowest BCUT2D eigenvalue weighted by atomic mass is 10.1. The first-order valence-corrected chi connectivity index (χ1v) is 9.45. The summed E-state index contributed by atoms with van der Waals surface area (Å²) in [4.78, 5) is 13.8. The SMILES string of the molecule is CCN(CC)c1ccc(Nc2ccc(NC(C)=O)c3ccccc23)c(C)c1. The standard InChI is InChI=1S/C23H27N3O/c1-5-26(6-2)18-11-12-21(16(3)15-18)25-23-14-13-22(24-17(4)27)19-9-7-8-10-20(19)23/h7-15,25H,5-6H2,1-4H3,(H,24,27). The highest BCUT2D eigenvalue weighted by molar-refractivity contribution is 6.06. The first-order chi connectivity index (χ1) is 13.0. The number of nitrogens with zero attached hydrogens (tertiary/aromatic N) is 1. The summed E-state index contributed by atoms with van der Waals surface area (Å²) < 4.78 is 0. The van der Waals surface area contributed by atoms with Gasteiger partial charge in [-0.2, -0.15) is 0 Å². The van der Waals surface area contributed by atoms with E-state index in [0.29, 0.717) is 0 Å². The fraction of sp³-hybridized carbons (Fsp3) is 0.261. The number of anilines is 4. The van der Waals surface area contributed by atoms with Crippen LogP contribution in [0, 0.1) is 6.92 Å². The van der Waals surface area contributed by atoms with E-state index in [1.165, 1.54) is 18.2 Å². The molecule has 0 heterocycles. The number of nitrogens with one attached hydrogen (secondary N) is 2. The highest BCUT2D eigenvalue weighted by atomic mass is 16.1. The van der Waals surface area contributed by atoms with Crippen LogP contribution in [0.3, 0.4) is 0 Å². The first-order valence-electron chi connectivity index (χ1n) is 9.45. The number of amides is 1. The van der Waals surface area contributed by atoms with Crippen molar-refractivity contribution >= 4 is 39.4 Å². The minimum absolute atomic E-state index is 0.0660. The fourth-order valence-electron chi connectivity index (χ4n) is 3.43. The van der Waals surface area contributed by atoms with Gasteiger partial charge in [-0.15, -0.1) is 0 Å². The van der Waals surface area contributed by atoms with Gasteiger partial charge >= 0.3 is 0 Å². The van der Waals surface area contributed by atoms with Gasteiger partial charge in [-0.1, -0.05) is 24.3 Å². The zero-order valence-corrected chi connectivity index (χ0v) is 16.5. The Morgan fingerprint density at radius 1 is 0.889 bits per heavy atom. The van der Waals surface area contributed by atoms with Crippen molar-refractivity contribution in [3.05, 3.63) is 60.2 Å². The second-order valence-corrected chi connectivity index (χ2v) is 6.68. The fourth-order valence-corrected chi connectivity index (χ4v) is 3.43. The number of aryl methyl sites for hydroxylation is 1. The van der Waals surface area contributed by atoms with Crippen LogP contribution in [0.25, 0.3) is 10.8 Å². The Hall–Kier alpha value is -3.01. The summed E-state index contributed by atoms with van der Waals surface area (Å²) in [6.45, 7) is 10.0. The second kappa shape index (κ2) is 8.12. The van der Waals surface area contributed by atoms with Gasteiger partial charge in [0, 0.05) is 53.5 Å². The van der Waals surface area contributed by atoms with Crippen molar-refractivity contribution in [2.24, 2.45) is 0 Å². The van der Waals surface area contributed by atoms with Crippen molar-refractivity contribution in [3.8, 4) is 0 Å². The molecule has 0 unspecified atom stereocenters. The molecule has 4 nitrogen and oxygen atoms in total. The van der Waals surface area contributed by atoms with Crippen LogP contribution in [-0.2, 0) is 4.79 Å². The van der Waals surface area contributed by atoms with Crippen molar-refractivity contribution in [1.29, 1.82) is 0 Å². The van der Waals surface area contributed by atoms with Crippen LogP contribution in [0.15, 0.2) is 54.6 Å². The Morgan fingerprint density at radius 2 is 1.48 bits per heavy atom. The van der Waals surface area contributed by atoms with E-state index in [0.717, 1.165) is 40.9 Å². The quantitative estimate of drug-likeness (QED) is 0.592. The van der Waals surface area contributed by atoms with E-state index in [1.807, 2.05) is 30.3 Å². The molecule has 0 atom stereocenters. The molecule has 27 heavy (non-hydrogen) atoms. The average Bonchev–Trinajstić information content (AvgIpc) is 2.66. The molecule has 0 aliphatic heterocycles. The van der Waals surface area contributed by atoms with Gasteiger partial charge in [-0.3, -0.25) is 4.79 Å². The van der Waals surface area contributed by atoms with Crippen molar-refractivity contribution in [3.63, 3.8) is 0 Å². The summed E-state index contributed by atoms with van der Waals surface area (Å²) in [6, 6.07) is 18.6. The third kappa shape index (κ3) is 4.05. The molecule has 0 aliphatic carbocycles. The van der Waals surface area contributed by atoms with E-state index < -0.39 is 0 Å². The van der Waals surface area contributed by atoms with Gasteiger partial charge in [0.2, 0.25) is 5.91 Å². The average molecular weight is 361 g/mol. The maximum Gasteiger partial charge on any atom is 0.221 e. The second-order valence-electron chi connectivity index (χ2n) is 6.68.